The zero-order chi connectivity index (χ0) is 11.2. The Bertz CT molecular complexity index is 506. The molecule has 0 fully saturated rings. The maximum Gasteiger partial charge on any atom is 0.139 e. The summed E-state index contributed by atoms with van der Waals surface area (Å²) in [7, 11) is 0. The molecule has 2 aromatic rings. The number of fused-ring (bicyclic) bond motifs is 1. The molecule has 0 unspecified atom stereocenters. The molecule has 0 spiro atoms. The molecule has 0 saturated heterocycles. The lowest BCUT2D eigenvalue weighted by atomic mass is 9.91. The zero-order valence-corrected chi connectivity index (χ0v) is 9.50. The molecule has 2 nitrogen and oxygen atoms in total. The summed E-state index contributed by atoms with van der Waals surface area (Å²) >= 11 is 0. The third kappa shape index (κ3) is 1.62. The molecule has 2 aromatic heterocycles. The highest BCUT2D eigenvalue weighted by atomic mass is 19.1. The van der Waals surface area contributed by atoms with Crippen LogP contribution < -0.4 is 0 Å². The first-order chi connectivity index (χ1) is 6.89. The first kappa shape index (κ1) is 10.1. The summed E-state index contributed by atoms with van der Waals surface area (Å²) in [5, 5.41) is 0. The zero-order valence-electron chi connectivity index (χ0n) is 9.50. The van der Waals surface area contributed by atoms with Crippen molar-refractivity contribution in [3.05, 3.63) is 35.5 Å². The predicted octanol–water partition coefficient (Wildman–Crippen LogP) is 3.08. The standard InChI is InChI=1S/C12H15FN2/c1-8-11(12(2,3)4)15-7-9(13)5-6-10(15)14-8/h5-7H,1-4H3. The topological polar surface area (TPSA) is 17.3 Å². The van der Waals surface area contributed by atoms with Crippen molar-refractivity contribution in [1.82, 2.24) is 9.38 Å². The van der Waals surface area contributed by atoms with E-state index in [2.05, 4.69) is 25.8 Å². The Morgan fingerprint density at radius 3 is 2.53 bits per heavy atom. The number of hydrogen-bond donors (Lipinski definition) is 0. The molecule has 0 amide bonds. The SMILES string of the molecule is Cc1nc2ccc(F)cn2c1C(C)(C)C. The van der Waals surface area contributed by atoms with Crippen LogP contribution in [-0.4, -0.2) is 9.38 Å². The van der Waals surface area contributed by atoms with E-state index >= 15 is 0 Å². The summed E-state index contributed by atoms with van der Waals surface area (Å²) in [6.45, 7) is 8.28. The van der Waals surface area contributed by atoms with E-state index in [1.54, 1.807) is 6.07 Å². The van der Waals surface area contributed by atoms with E-state index < -0.39 is 0 Å². The van der Waals surface area contributed by atoms with Gasteiger partial charge in [-0.1, -0.05) is 20.8 Å². The van der Waals surface area contributed by atoms with Crippen molar-refractivity contribution in [3.63, 3.8) is 0 Å². The lowest BCUT2D eigenvalue weighted by Crippen LogP contribution is -2.15. The number of halogens is 1. The van der Waals surface area contributed by atoms with Gasteiger partial charge >= 0.3 is 0 Å². The molecule has 0 N–H and O–H groups in total. The Morgan fingerprint density at radius 1 is 1.27 bits per heavy atom. The highest BCUT2D eigenvalue weighted by Gasteiger charge is 2.22. The van der Waals surface area contributed by atoms with Crippen molar-refractivity contribution >= 4 is 5.65 Å². The maximum atomic E-state index is 13.2. The molecule has 0 saturated carbocycles. The van der Waals surface area contributed by atoms with Crippen molar-refractivity contribution in [2.75, 3.05) is 0 Å². The molecule has 2 rings (SSSR count). The van der Waals surface area contributed by atoms with Crippen LogP contribution in [0.3, 0.4) is 0 Å². The minimum Gasteiger partial charge on any atom is -0.300 e. The van der Waals surface area contributed by atoms with Crippen molar-refractivity contribution in [3.8, 4) is 0 Å². The van der Waals surface area contributed by atoms with E-state index in [0.717, 1.165) is 17.0 Å². The van der Waals surface area contributed by atoms with Crippen LogP contribution in [0.5, 0.6) is 0 Å². The van der Waals surface area contributed by atoms with Gasteiger partial charge in [0.05, 0.1) is 11.4 Å². The van der Waals surface area contributed by atoms with Gasteiger partial charge in [-0.25, -0.2) is 9.37 Å². The van der Waals surface area contributed by atoms with Gasteiger partial charge < -0.3 is 4.40 Å². The normalized spacial score (nSPS) is 12.3. The number of pyridine rings is 1. The van der Waals surface area contributed by atoms with Gasteiger partial charge in [-0.05, 0) is 19.1 Å². The van der Waals surface area contributed by atoms with Gasteiger partial charge in [0, 0.05) is 11.6 Å². The minimum absolute atomic E-state index is 0.0305. The van der Waals surface area contributed by atoms with Gasteiger partial charge in [-0.2, -0.15) is 0 Å². The van der Waals surface area contributed by atoms with E-state index in [4.69, 9.17) is 0 Å². The molecular formula is C12H15FN2. The van der Waals surface area contributed by atoms with Gasteiger partial charge in [0.1, 0.15) is 11.5 Å². The fourth-order valence-electron chi connectivity index (χ4n) is 2.04. The summed E-state index contributed by atoms with van der Waals surface area (Å²) in [4.78, 5) is 4.42. The molecule has 0 radical (unpaired) electrons. The Kier molecular flexibility index (Phi) is 2.07. The largest absolute Gasteiger partial charge is 0.300 e. The van der Waals surface area contributed by atoms with Crippen LogP contribution in [0.15, 0.2) is 18.3 Å². The number of rotatable bonds is 0. The van der Waals surface area contributed by atoms with Crippen molar-refractivity contribution in [2.45, 2.75) is 33.1 Å². The highest BCUT2D eigenvalue weighted by molar-refractivity contribution is 5.44. The lowest BCUT2D eigenvalue weighted by Gasteiger charge is -2.19. The van der Waals surface area contributed by atoms with Crippen LogP contribution in [-0.2, 0) is 5.41 Å². The van der Waals surface area contributed by atoms with Crippen LogP contribution in [0.25, 0.3) is 5.65 Å². The Morgan fingerprint density at radius 2 is 1.93 bits per heavy atom. The molecule has 3 heteroatoms. The second-order valence-electron chi connectivity index (χ2n) is 4.87. The molecule has 0 aliphatic carbocycles. The molecule has 0 bridgehead atoms. The van der Waals surface area contributed by atoms with E-state index in [1.807, 2.05) is 11.3 Å². The summed E-state index contributed by atoms with van der Waals surface area (Å²) < 4.78 is 15.0. The summed E-state index contributed by atoms with van der Waals surface area (Å²) in [6, 6.07) is 3.14. The van der Waals surface area contributed by atoms with E-state index in [9.17, 15) is 4.39 Å². The van der Waals surface area contributed by atoms with Gasteiger partial charge in [0.15, 0.2) is 0 Å². The van der Waals surface area contributed by atoms with Crippen LogP contribution in [0.4, 0.5) is 4.39 Å². The first-order valence-electron chi connectivity index (χ1n) is 5.04. The maximum absolute atomic E-state index is 13.2. The van der Waals surface area contributed by atoms with E-state index in [-0.39, 0.29) is 11.2 Å². The monoisotopic (exact) mass is 206 g/mol. The first-order valence-corrected chi connectivity index (χ1v) is 5.04. The summed E-state index contributed by atoms with van der Waals surface area (Å²) in [5.41, 5.74) is 2.81. The number of aromatic nitrogens is 2. The van der Waals surface area contributed by atoms with Gasteiger partial charge in [-0.3, -0.25) is 0 Å². The van der Waals surface area contributed by atoms with E-state index in [1.165, 1.54) is 12.3 Å². The third-order valence-corrected chi connectivity index (χ3v) is 2.47. The average Bonchev–Trinajstić information content (AvgIpc) is 2.38. The fourth-order valence-corrected chi connectivity index (χ4v) is 2.04. The third-order valence-electron chi connectivity index (χ3n) is 2.47. The van der Waals surface area contributed by atoms with Crippen LogP contribution in [0.2, 0.25) is 0 Å². The minimum atomic E-state index is -0.231. The van der Waals surface area contributed by atoms with Gasteiger partial charge in [0.2, 0.25) is 0 Å². The molecular weight excluding hydrogens is 191 g/mol. The summed E-state index contributed by atoms with van der Waals surface area (Å²) in [5.74, 6) is -0.231. The second kappa shape index (κ2) is 3.05. The lowest BCUT2D eigenvalue weighted by molar-refractivity contribution is 0.552. The number of aryl methyl sites for hydroxylation is 1. The van der Waals surface area contributed by atoms with Crippen molar-refractivity contribution in [2.24, 2.45) is 0 Å². The Hall–Kier alpha value is -1.38. The number of nitrogens with zero attached hydrogens (tertiary/aromatic N) is 2. The second-order valence-corrected chi connectivity index (χ2v) is 4.87. The van der Waals surface area contributed by atoms with Crippen molar-refractivity contribution in [1.29, 1.82) is 0 Å². The smallest absolute Gasteiger partial charge is 0.139 e. The Balaban J connectivity index is 2.82. The van der Waals surface area contributed by atoms with Crippen LogP contribution >= 0.6 is 0 Å². The highest BCUT2D eigenvalue weighted by Crippen LogP contribution is 2.26. The average molecular weight is 206 g/mol. The molecule has 0 aromatic carbocycles. The van der Waals surface area contributed by atoms with Gasteiger partial charge in [0.25, 0.3) is 0 Å². The van der Waals surface area contributed by atoms with Crippen LogP contribution in [0, 0.1) is 12.7 Å². The summed E-state index contributed by atoms with van der Waals surface area (Å²) in [6.07, 6.45) is 1.50. The van der Waals surface area contributed by atoms with E-state index in [0.29, 0.717) is 0 Å². The quantitative estimate of drug-likeness (QED) is 0.647. The molecule has 15 heavy (non-hydrogen) atoms. The van der Waals surface area contributed by atoms with Crippen LogP contribution in [0.1, 0.15) is 32.2 Å². The van der Waals surface area contributed by atoms with Crippen molar-refractivity contribution < 1.29 is 4.39 Å². The number of hydrogen-bond acceptors (Lipinski definition) is 1. The molecule has 0 aliphatic rings. The predicted molar refractivity (Wildman–Crippen MR) is 58.6 cm³/mol. The fraction of sp³-hybridized carbons (Fsp3) is 0.417. The molecule has 0 aliphatic heterocycles. The molecule has 80 valence electrons. The molecule has 2 heterocycles. The molecule has 0 atom stereocenters. The van der Waals surface area contributed by atoms with Gasteiger partial charge in [-0.15, -0.1) is 0 Å². The Labute approximate surface area is 88.8 Å². The number of imidazole rings is 1.